The van der Waals surface area contributed by atoms with Gasteiger partial charge in [-0.25, -0.2) is 0 Å². The second-order valence-electron chi connectivity index (χ2n) is 7.90. The maximum Gasteiger partial charge on any atom is 0.253 e. The van der Waals surface area contributed by atoms with Crippen LogP contribution in [0.15, 0.2) is 48.5 Å². The average molecular weight is 367 g/mol. The fourth-order valence-electron chi connectivity index (χ4n) is 4.05. The number of carbonyl (C=O) groups is 1. The number of amides is 1. The van der Waals surface area contributed by atoms with Gasteiger partial charge in [0.05, 0.1) is 12.7 Å². The highest BCUT2D eigenvalue weighted by Gasteiger charge is 2.35. The Hall–Kier alpha value is -2.17. The first kappa shape index (κ1) is 19.6. The average Bonchev–Trinajstić information content (AvgIpc) is 3.16. The topological polar surface area (TPSA) is 60.8 Å². The lowest BCUT2D eigenvalue weighted by Gasteiger charge is -2.31. The second-order valence-corrected chi connectivity index (χ2v) is 7.90. The predicted molar refractivity (Wildman–Crippen MR) is 107 cm³/mol. The number of aliphatic hydroxyl groups is 2. The molecule has 0 heterocycles. The summed E-state index contributed by atoms with van der Waals surface area (Å²) < 4.78 is 0. The van der Waals surface area contributed by atoms with Crippen LogP contribution in [0, 0.1) is 5.41 Å². The van der Waals surface area contributed by atoms with Crippen LogP contribution in [0.3, 0.4) is 0 Å². The van der Waals surface area contributed by atoms with Gasteiger partial charge in [0.1, 0.15) is 0 Å². The molecule has 0 radical (unpaired) electrons. The van der Waals surface area contributed by atoms with E-state index in [0.29, 0.717) is 12.1 Å². The summed E-state index contributed by atoms with van der Waals surface area (Å²) >= 11 is 0. The zero-order chi connectivity index (χ0) is 19.4. The third-order valence-electron chi connectivity index (χ3n) is 5.78. The van der Waals surface area contributed by atoms with Crippen molar-refractivity contribution in [1.82, 2.24) is 4.90 Å². The molecule has 0 spiro atoms. The standard InChI is InChI=1S/C23H29NO3/c1-17(26)18-5-7-19(8-6-18)20-9-11-21(12-10-20)22(27)24(2)15-23(16-25)13-3-4-14-23/h5-12,17,25-26H,3-4,13-16H2,1-2H3/t17-/m1/s1. The molecule has 2 aromatic carbocycles. The quantitative estimate of drug-likeness (QED) is 0.810. The van der Waals surface area contributed by atoms with Crippen molar-refractivity contribution in [1.29, 1.82) is 0 Å². The molecule has 1 atom stereocenters. The molecule has 2 N–H and O–H groups in total. The van der Waals surface area contributed by atoms with Crippen LogP contribution < -0.4 is 0 Å². The molecule has 2 aromatic rings. The van der Waals surface area contributed by atoms with Gasteiger partial charge >= 0.3 is 0 Å². The monoisotopic (exact) mass is 367 g/mol. The van der Waals surface area contributed by atoms with Gasteiger partial charge in [0.25, 0.3) is 5.91 Å². The van der Waals surface area contributed by atoms with Crippen molar-refractivity contribution in [2.24, 2.45) is 5.41 Å². The van der Waals surface area contributed by atoms with Gasteiger partial charge < -0.3 is 15.1 Å². The van der Waals surface area contributed by atoms with Crippen molar-refractivity contribution in [3.05, 3.63) is 59.7 Å². The zero-order valence-electron chi connectivity index (χ0n) is 16.2. The van der Waals surface area contributed by atoms with E-state index in [0.717, 1.165) is 42.4 Å². The van der Waals surface area contributed by atoms with E-state index in [-0.39, 0.29) is 17.9 Å². The largest absolute Gasteiger partial charge is 0.396 e. The Kier molecular flexibility index (Phi) is 5.98. The maximum absolute atomic E-state index is 12.8. The van der Waals surface area contributed by atoms with Gasteiger partial charge in [-0.2, -0.15) is 0 Å². The number of hydrogen-bond donors (Lipinski definition) is 2. The normalized spacial score (nSPS) is 16.9. The van der Waals surface area contributed by atoms with E-state index in [2.05, 4.69) is 0 Å². The van der Waals surface area contributed by atoms with E-state index in [1.54, 1.807) is 11.8 Å². The molecule has 3 rings (SSSR count). The molecule has 0 aliphatic heterocycles. The van der Waals surface area contributed by atoms with Gasteiger partial charge in [0.2, 0.25) is 0 Å². The van der Waals surface area contributed by atoms with E-state index >= 15 is 0 Å². The van der Waals surface area contributed by atoms with E-state index in [1.165, 1.54) is 0 Å². The number of aliphatic hydroxyl groups excluding tert-OH is 2. The van der Waals surface area contributed by atoms with Crippen molar-refractivity contribution >= 4 is 5.91 Å². The molecule has 0 saturated heterocycles. The van der Waals surface area contributed by atoms with Gasteiger partial charge in [-0.05, 0) is 48.6 Å². The van der Waals surface area contributed by atoms with Crippen molar-refractivity contribution in [2.45, 2.75) is 38.7 Å². The molecule has 0 aromatic heterocycles. The van der Waals surface area contributed by atoms with Crippen molar-refractivity contribution in [2.75, 3.05) is 20.2 Å². The summed E-state index contributed by atoms with van der Waals surface area (Å²) in [6, 6.07) is 15.4. The Bertz CT molecular complexity index is 759. The van der Waals surface area contributed by atoms with Crippen LogP contribution >= 0.6 is 0 Å². The number of carbonyl (C=O) groups excluding carboxylic acids is 1. The molecule has 144 valence electrons. The van der Waals surface area contributed by atoms with Crippen molar-refractivity contribution in [3.63, 3.8) is 0 Å². The minimum Gasteiger partial charge on any atom is -0.396 e. The SMILES string of the molecule is C[C@@H](O)c1ccc(-c2ccc(C(=O)N(C)CC3(CO)CCCC3)cc2)cc1. The Balaban J connectivity index is 1.69. The molecule has 1 aliphatic rings. The third kappa shape index (κ3) is 4.40. The first-order valence-corrected chi connectivity index (χ1v) is 9.69. The number of hydrogen-bond acceptors (Lipinski definition) is 3. The Morgan fingerprint density at radius 3 is 2.04 bits per heavy atom. The van der Waals surface area contributed by atoms with Gasteiger partial charge in [-0.1, -0.05) is 49.2 Å². The number of nitrogens with zero attached hydrogens (tertiary/aromatic N) is 1. The van der Waals surface area contributed by atoms with Gasteiger partial charge in [-0.3, -0.25) is 4.79 Å². The lowest BCUT2D eigenvalue weighted by molar-refractivity contribution is 0.0595. The van der Waals surface area contributed by atoms with Gasteiger partial charge in [0.15, 0.2) is 0 Å². The Labute approximate surface area is 161 Å². The summed E-state index contributed by atoms with van der Waals surface area (Å²) in [7, 11) is 1.82. The van der Waals surface area contributed by atoms with E-state index in [1.807, 2.05) is 55.6 Å². The van der Waals surface area contributed by atoms with Crippen LogP contribution in [0.2, 0.25) is 0 Å². The number of rotatable bonds is 6. The van der Waals surface area contributed by atoms with Crippen molar-refractivity contribution in [3.8, 4) is 11.1 Å². The van der Waals surface area contributed by atoms with Crippen LogP contribution in [0.5, 0.6) is 0 Å². The second kappa shape index (κ2) is 8.24. The van der Waals surface area contributed by atoms with Gasteiger partial charge in [-0.15, -0.1) is 0 Å². The summed E-state index contributed by atoms with van der Waals surface area (Å²) in [5, 5.41) is 19.4. The third-order valence-corrected chi connectivity index (χ3v) is 5.78. The molecule has 1 saturated carbocycles. The molecule has 1 aliphatic carbocycles. The van der Waals surface area contributed by atoms with Crippen LogP contribution in [0.4, 0.5) is 0 Å². The Morgan fingerprint density at radius 1 is 1.04 bits per heavy atom. The molecule has 4 heteroatoms. The summed E-state index contributed by atoms with van der Waals surface area (Å²) in [6.45, 7) is 2.50. The highest BCUT2D eigenvalue weighted by Crippen LogP contribution is 2.38. The fourth-order valence-corrected chi connectivity index (χ4v) is 4.05. The molecular formula is C23H29NO3. The lowest BCUT2D eigenvalue weighted by Crippen LogP contribution is -2.39. The van der Waals surface area contributed by atoms with E-state index in [9.17, 15) is 15.0 Å². The smallest absolute Gasteiger partial charge is 0.253 e. The minimum atomic E-state index is -0.475. The highest BCUT2D eigenvalue weighted by molar-refractivity contribution is 5.94. The highest BCUT2D eigenvalue weighted by atomic mass is 16.3. The van der Waals surface area contributed by atoms with Gasteiger partial charge in [0, 0.05) is 24.6 Å². The van der Waals surface area contributed by atoms with E-state index in [4.69, 9.17) is 0 Å². The molecule has 27 heavy (non-hydrogen) atoms. The van der Waals surface area contributed by atoms with Crippen LogP contribution in [-0.4, -0.2) is 41.2 Å². The maximum atomic E-state index is 12.8. The van der Waals surface area contributed by atoms with Crippen LogP contribution in [0.1, 0.15) is 54.6 Å². The molecular weight excluding hydrogens is 338 g/mol. The fraction of sp³-hybridized carbons (Fsp3) is 0.435. The summed E-state index contributed by atoms with van der Waals surface area (Å²) in [4.78, 5) is 14.5. The van der Waals surface area contributed by atoms with Crippen molar-refractivity contribution < 1.29 is 15.0 Å². The minimum absolute atomic E-state index is 0.00858. The lowest BCUT2D eigenvalue weighted by atomic mass is 9.86. The van der Waals surface area contributed by atoms with Crippen LogP contribution in [-0.2, 0) is 0 Å². The predicted octanol–water partition coefficient (Wildman–Crippen LogP) is 4.03. The summed E-state index contributed by atoms with van der Waals surface area (Å²) in [6.07, 6.45) is 3.76. The van der Waals surface area contributed by atoms with Crippen LogP contribution in [0.25, 0.3) is 11.1 Å². The first-order valence-electron chi connectivity index (χ1n) is 9.69. The number of benzene rings is 2. The summed E-state index contributed by atoms with van der Waals surface area (Å²) in [5.41, 5.74) is 3.51. The molecule has 1 fully saturated rings. The Morgan fingerprint density at radius 2 is 1.56 bits per heavy atom. The molecule has 0 bridgehead atoms. The zero-order valence-corrected chi connectivity index (χ0v) is 16.2. The molecule has 4 nitrogen and oxygen atoms in total. The van der Waals surface area contributed by atoms with E-state index < -0.39 is 6.10 Å². The molecule has 1 amide bonds. The summed E-state index contributed by atoms with van der Waals surface area (Å²) in [5.74, 6) is -0.00858. The molecule has 0 unspecified atom stereocenters. The first-order chi connectivity index (χ1) is 12.9.